The minimum absolute atomic E-state index is 0.0479. The van der Waals surface area contributed by atoms with Gasteiger partial charge in [0.2, 0.25) is 0 Å². The van der Waals surface area contributed by atoms with Gasteiger partial charge in [-0.1, -0.05) is 15.9 Å². The van der Waals surface area contributed by atoms with Crippen LogP contribution in [0.25, 0.3) is 0 Å². The number of halogens is 5. The normalized spacial score (nSPS) is 11.4. The fraction of sp³-hybridized carbons (Fsp3) is 0.200. The Kier molecular flexibility index (Phi) is 4.70. The van der Waals surface area contributed by atoms with Crippen LogP contribution in [0, 0.1) is 3.57 Å². The van der Waals surface area contributed by atoms with Crippen LogP contribution in [0.15, 0.2) is 12.1 Å². The van der Waals surface area contributed by atoms with E-state index in [-0.39, 0.29) is 14.5 Å². The Hall–Kier alpha value is -0.440. The van der Waals surface area contributed by atoms with Gasteiger partial charge in [-0.15, -0.1) is 0 Å². The lowest BCUT2D eigenvalue weighted by Gasteiger charge is -2.14. The van der Waals surface area contributed by atoms with E-state index >= 15 is 0 Å². The molecule has 7 heteroatoms. The number of Topliss-reactive ketones (excluding diaryl/α,β-unsaturated/α-hetero) is 1. The minimum atomic E-state index is -4.62. The number of benzene rings is 1. The van der Waals surface area contributed by atoms with E-state index in [2.05, 4.69) is 15.9 Å². The van der Waals surface area contributed by atoms with Gasteiger partial charge in [0.1, 0.15) is 6.29 Å². The zero-order valence-electron chi connectivity index (χ0n) is 8.15. The molecule has 0 saturated carbocycles. The first-order chi connectivity index (χ1) is 7.81. The summed E-state index contributed by atoms with van der Waals surface area (Å²) in [5.74, 6) is -0.709. The molecule has 0 unspecified atom stereocenters. The highest BCUT2D eigenvalue weighted by Gasteiger charge is 2.37. The maximum Gasteiger partial charge on any atom is 0.418 e. The SMILES string of the molecule is O=Cc1cc(I)c(C(F)(F)F)c(C(=O)CBr)c1. The van der Waals surface area contributed by atoms with Crippen LogP contribution in [0.2, 0.25) is 0 Å². The highest BCUT2D eigenvalue weighted by Crippen LogP contribution is 2.36. The van der Waals surface area contributed by atoms with Crippen LogP contribution in [-0.4, -0.2) is 17.4 Å². The van der Waals surface area contributed by atoms with Crippen molar-refractivity contribution in [3.05, 3.63) is 32.4 Å². The molecular formula is C10H5BrF3IO2. The molecule has 0 saturated heterocycles. The van der Waals surface area contributed by atoms with Crippen molar-refractivity contribution in [3.8, 4) is 0 Å². The first-order valence-corrected chi connectivity index (χ1v) is 6.46. The number of hydrogen-bond donors (Lipinski definition) is 0. The van der Waals surface area contributed by atoms with Gasteiger partial charge in [-0.3, -0.25) is 9.59 Å². The lowest BCUT2D eigenvalue weighted by Crippen LogP contribution is -2.16. The topological polar surface area (TPSA) is 34.1 Å². The van der Waals surface area contributed by atoms with E-state index in [0.717, 1.165) is 12.1 Å². The van der Waals surface area contributed by atoms with Gasteiger partial charge < -0.3 is 0 Å². The Morgan fingerprint density at radius 1 is 1.41 bits per heavy atom. The second-order valence-electron chi connectivity index (χ2n) is 3.10. The van der Waals surface area contributed by atoms with Gasteiger partial charge in [-0.05, 0) is 34.7 Å². The van der Waals surface area contributed by atoms with E-state index in [0.29, 0.717) is 6.29 Å². The molecule has 0 bridgehead atoms. The molecule has 1 rings (SSSR count). The molecule has 1 aromatic carbocycles. The summed E-state index contributed by atoms with van der Waals surface area (Å²) in [7, 11) is 0. The standard InChI is InChI=1S/C10H5BrF3IO2/c11-3-8(17)6-1-5(4-16)2-7(15)9(6)10(12,13)14/h1-2,4H,3H2. The zero-order valence-corrected chi connectivity index (χ0v) is 11.9. The molecular weight excluding hydrogens is 416 g/mol. The first-order valence-electron chi connectivity index (χ1n) is 4.26. The van der Waals surface area contributed by atoms with Crippen molar-refractivity contribution in [2.24, 2.45) is 0 Å². The predicted octanol–water partition coefficient (Wildman–Crippen LogP) is 3.70. The highest BCUT2D eigenvalue weighted by atomic mass is 127. The third-order valence-corrected chi connectivity index (χ3v) is 3.31. The second kappa shape index (κ2) is 5.47. The predicted molar refractivity (Wildman–Crippen MR) is 67.7 cm³/mol. The molecule has 1 aromatic rings. The molecule has 0 spiro atoms. The molecule has 0 aliphatic carbocycles. The largest absolute Gasteiger partial charge is 0.418 e. The average molecular weight is 421 g/mol. The third kappa shape index (κ3) is 3.27. The van der Waals surface area contributed by atoms with Crippen LogP contribution in [0.5, 0.6) is 0 Å². The molecule has 0 atom stereocenters. The molecule has 0 aliphatic rings. The summed E-state index contributed by atoms with van der Waals surface area (Å²) in [5, 5.41) is -0.228. The molecule has 0 N–H and O–H groups in total. The molecule has 0 aliphatic heterocycles. The molecule has 2 nitrogen and oxygen atoms in total. The Labute approximate surface area is 117 Å². The molecule has 0 amide bonds. The molecule has 0 radical (unpaired) electrons. The summed E-state index contributed by atoms with van der Waals surface area (Å²) in [4.78, 5) is 22.0. The number of aldehydes is 1. The Bertz CT molecular complexity index is 471. The molecule has 17 heavy (non-hydrogen) atoms. The molecule has 92 valence electrons. The van der Waals surface area contributed by atoms with E-state index in [1.807, 2.05) is 0 Å². The summed E-state index contributed by atoms with van der Waals surface area (Å²) in [6, 6.07) is 2.06. The maximum atomic E-state index is 12.8. The third-order valence-electron chi connectivity index (χ3n) is 1.95. The summed E-state index contributed by atoms with van der Waals surface area (Å²) in [5.41, 5.74) is -1.43. The van der Waals surface area contributed by atoms with Gasteiger partial charge in [-0.25, -0.2) is 0 Å². The fourth-order valence-corrected chi connectivity index (χ4v) is 2.53. The number of carbonyl (C=O) groups is 2. The van der Waals surface area contributed by atoms with Crippen LogP contribution < -0.4 is 0 Å². The van der Waals surface area contributed by atoms with Gasteiger partial charge >= 0.3 is 6.18 Å². The van der Waals surface area contributed by atoms with E-state index in [4.69, 9.17) is 0 Å². The monoisotopic (exact) mass is 420 g/mol. The van der Waals surface area contributed by atoms with Crippen molar-refractivity contribution in [2.45, 2.75) is 6.18 Å². The number of rotatable bonds is 3. The Morgan fingerprint density at radius 2 is 2.00 bits per heavy atom. The van der Waals surface area contributed by atoms with Crippen molar-refractivity contribution >= 4 is 50.6 Å². The zero-order chi connectivity index (χ0) is 13.2. The summed E-state index contributed by atoms with van der Waals surface area (Å²) in [6.07, 6.45) is -4.21. The smallest absolute Gasteiger partial charge is 0.298 e. The lowest BCUT2D eigenvalue weighted by atomic mass is 10.0. The van der Waals surface area contributed by atoms with Crippen LogP contribution >= 0.6 is 38.5 Å². The summed E-state index contributed by atoms with van der Waals surface area (Å²) >= 11 is 4.28. The summed E-state index contributed by atoms with van der Waals surface area (Å²) < 4.78 is 38.2. The van der Waals surface area contributed by atoms with Gasteiger partial charge in [0.05, 0.1) is 10.9 Å². The number of alkyl halides is 4. The van der Waals surface area contributed by atoms with E-state index < -0.39 is 23.1 Å². The van der Waals surface area contributed by atoms with Gasteiger partial charge in [-0.2, -0.15) is 13.2 Å². The van der Waals surface area contributed by atoms with Gasteiger partial charge in [0, 0.05) is 14.7 Å². The maximum absolute atomic E-state index is 12.8. The molecule has 0 aromatic heterocycles. The van der Waals surface area contributed by atoms with E-state index in [1.54, 1.807) is 0 Å². The number of carbonyl (C=O) groups excluding carboxylic acids is 2. The average Bonchev–Trinajstić information content (AvgIpc) is 2.24. The first kappa shape index (κ1) is 14.6. The van der Waals surface area contributed by atoms with Crippen LogP contribution in [-0.2, 0) is 6.18 Å². The van der Waals surface area contributed by atoms with Crippen LogP contribution in [0.1, 0.15) is 26.3 Å². The molecule has 0 heterocycles. The van der Waals surface area contributed by atoms with Crippen LogP contribution in [0.3, 0.4) is 0 Å². The Balaban J connectivity index is 3.56. The summed E-state index contributed by atoms with van der Waals surface area (Å²) in [6.45, 7) is 0. The van der Waals surface area contributed by atoms with Crippen molar-refractivity contribution in [1.82, 2.24) is 0 Å². The van der Waals surface area contributed by atoms with Crippen molar-refractivity contribution in [3.63, 3.8) is 0 Å². The van der Waals surface area contributed by atoms with E-state index in [9.17, 15) is 22.8 Å². The quantitative estimate of drug-likeness (QED) is 0.323. The van der Waals surface area contributed by atoms with Gasteiger partial charge in [0.15, 0.2) is 5.78 Å². The van der Waals surface area contributed by atoms with E-state index in [1.165, 1.54) is 22.6 Å². The van der Waals surface area contributed by atoms with Crippen molar-refractivity contribution in [2.75, 3.05) is 5.33 Å². The minimum Gasteiger partial charge on any atom is -0.298 e. The number of hydrogen-bond acceptors (Lipinski definition) is 2. The van der Waals surface area contributed by atoms with Crippen molar-refractivity contribution < 1.29 is 22.8 Å². The van der Waals surface area contributed by atoms with Crippen LogP contribution in [0.4, 0.5) is 13.2 Å². The number of ketones is 1. The van der Waals surface area contributed by atoms with Gasteiger partial charge in [0.25, 0.3) is 0 Å². The molecule has 0 fully saturated rings. The van der Waals surface area contributed by atoms with Crippen molar-refractivity contribution in [1.29, 1.82) is 0 Å². The highest BCUT2D eigenvalue weighted by molar-refractivity contribution is 14.1. The Morgan fingerprint density at radius 3 is 2.41 bits per heavy atom. The fourth-order valence-electron chi connectivity index (χ4n) is 1.28. The lowest BCUT2D eigenvalue weighted by molar-refractivity contribution is -0.138. The second-order valence-corrected chi connectivity index (χ2v) is 4.82.